The maximum atomic E-state index is 11.8. The van der Waals surface area contributed by atoms with Gasteiger partial charge in [-0.1, -0.05) is 31.3 Å². The summed E-state index contributed by atoms with van der Waals surface area (Å²) in [5, 5.41) is 6.60. The zero-order valence-electron chi connectivity index (χ0n) is 12.7. The Bertz CT molecular complexity index is 721. The molecule has 0 saturated carbocycles. The van der Waals surface area contributed by atoms with Crippen LogP contribution in [-0.4, -0.2) is 23.0 Å². The second kappa shape index (κ2) is 7.13. The second-order valence-corrected chi connectivity index (χ2v) is 6.36. The maximum Gasteiger partial charge on any atom is 0.329 e. The number of nitrogens with one attached hydrogen (secondary N) is 2. The molecule has 0 atom stereocenters. The lowest BCUT2D eigenvalue weighted by molar-refractivity contribution is -0.136. The molecule has 6 nitrogen and oxygen atoms in total. The van der Waals surface area contributed by atoms with Gasteiger partial charge in [-0.3, -0.25) is 14.9 Å². The molecule has 0 fully saturated rings. The molecule has 0 aliphatic rings. The topological polar surface area (TPSA) is 83.5 Å². The van der Waals surface area contributed by atoms with E-state index in [1.165, 1.54) is 11.3 Å². The van der Waals surface area contributed by atoms with Gasteiger partial charge in [-0.15, -0.1) is 0 Å². The minimum absolute atomic E-state index is 0.395. The fourth-order valence-corrected chi connectivity index (χ4v) is 2.62. The van der Waals surface area contributed by atoms with Crippen molar-refractivity contribution < 1.29 is 9.59 Å². The van der Waals surface area contributed by atoms with Crippen LogP contribution in [0.4, 0.5) is 5.13 Å². The number of hydrazone groups is 1. The van der Waals surface area contributed by atoms with E-state index >= 15 is 0 Å². The third kappa shape index (κ3) is 4.36. The van der Waals surface area contributed by atoms with E-state index in [0.29, 0.717) is 11.0 Å². The van der Waals surface area contributed by atoms with Gasteiger partial charge in [0.1, 0.15) is 0 Å². The number of benzene rings is 1. The highest BCUT2D eigenvalue weighted by Gasteiger charge is 2.15. The molecule has 0 spiro atoms. The molecule has 0 bridgehead atoms. The van der Waals surface area contributed by atoms with E-state index < -0.39 is 11.8 Å². The van der Waals surface area contributed by atoms with Crippen molar-refractivity contribution in [1.29, 1.82) is 0 Å². The Morgan fingerprint density at radius 1 is 1.36 bits per heavy atom. The summed E-state index contributed by atoms with van der Waals surface area (Å²) >= 11 is 1.33. The number of aromatic nitrogens is 1. The SMILES string of the molecule is Cc1ccc2nc(NC(=O)C(=O)N/N=C\CC(C)C)sc2c1. The monoisotopic (exact) mass is 318 g/mol. The zero-order valence-corrected chi connectivity index (χ0v) is 13.5. The molecule has 1 aromatic heterocycles. The number of thiazole rings is 1. The summed E-state index contributed by atoms with van der Waals surface area (Å²) in [6, 6.07) is 5.82. The highest BCUT2D eigenvalue weighted by atomic mass is 32.1. The zero-order chi connectivity index (χ0) is 16.1. The molecule has 116 valence electrons. The molecule has 1 heterocycles. The summed E-state index contributed by atoms with van der Waals surface area (Å²) in [6.45, 7) is 6.06. The van der Waals surface area contributed by atoms with Crippen LogP contribution in [0.15, 0.2) is 23.3 Å². The lowest BCUT2D eigenvalue weighted by Gasteiger charge is -2.00. The fourth-order valence-electron chi connectivity index (χ4n) is 1.66. The summed E-state index contributed by atoms with van der Waals surface area (Å²) < 4.78 is 0.964. The van der Waals surface area contributed by atoms with Gasteiger partial charge in [0, 0.05) is 6.21 Å². The smallest absolute Gasteiger partial charge is 0.294 e. The van der Waals surface area contributed by atoms with Gasteiger partial charge in [0.05, 0.1) is 10.2 Å². The van der Waals surface area contributed by atoms with Crippen LogP contribution < -0.4 is 10.7 Å². The molecule has 0 aliphatic carbocycles. The number of rotatable bonds is 4. The molecule has 0 radical (unpaired) electrons. The van der Waals surface area contributed by atoms with Gasteiger partial charge in [0.25, 0.3) is 0 Å². The highest BCUT2D eigenvalue weighted by molar-refractivity contribution is 7.22. The Morgan fingerprint density at radius 2 is 2.14 bits per heavy atom. The van der Waals surface area contributed by atoms with Gasteiger partial charge < -0.3 is 0 Å². The largest absolute Gasteiger partial charge is 0.329 e. The van der Waals surface area contributed by atoms with Crippen molar-refractivity contribution >= 4 is 44.7 Å². The Kier molecular flexibility index (Phi) is 5.21. The first-order chi connectivity index (χ1) is 10.5. The molecule has 0 aliphatic heterocycles. The Morgan fingerprint density at radius 3 is 2.86 bits per heavy atom. The summed E-state index contributed by atoms with van der Waals surface area (Å²) in [6.07, 6.45) is 2.31. The standard InChI is InChI=1S/C15H18N4O2S/c1-9(2)6-7-16-19-14(21)13(20)18-15-17-11-5-4-10(3)8-12(11)22-15/h4-5,7-9H,6H2,1-3H3,(H,19,21)(H,17,18,20)/b16-7-. The van der Waals surface area contributed by atoms with Gasteiger partial charge in [-0.2, -0.15) is 5.10 Å². The summed E-state index contributed by atoms with van der Waals surface area (Å²) in [4.78, 5) is 27.6. The molecule has 2 rings (SSSR count). The number of amides is 2. The Balaban J connectivity index is 1.95. The summed E-state index contributed by atoms with van der Waals surface area (Å²) in [5.74, 6) is -1.14. The van der Waals surface area contributed by atoms with Crippen LogP contribution in [0.2, 0.25) is 0 Å². The highest BCUT2D eigenvalue weighted by Crippen LogP contribution is 2.26. The van der Waals surface area contributed by atoms with E-state index in [1.54, 1.807) is 6.21 Å². The van der Waals surface area contributed by atoms with Crippen molar-refractivity contribution in [3.8, 4) is 0 Å². The number of nitrogens with zero attached hydrogens (tertiary/aromatic N) is 2. The van der Waals surface area contributed by atoms with Crippen LogP contribution in [0, 0.1) is 12.8 Å². The quantitative estimate of drug-likeness (QED) is 0.516. The molecule has 0 unspecified atom stereocenters. The number of fused-ring (bicyclic) bond motifs is 1. The van der Waals surface area contributed by atoms with Gasteiger partial charge in [-0.25, -0.2) is 10.4 Å². The van der Waals surface area contributed by atoms with Crippen LogP contribution >= 0.6 is 11.3 Å². The van der Waals surface area contributed by atoms with Crippen LogP contribution in [0.25, 0.3) is 10.2 Å². The third-order valence-corrected chi connectivity index (χ3v) is 3.74. The Labute approximate surface area is 132 Å². The predicted molar refractivity (Wildman–Crippen MR) is 89.1 cm³/mol. The number of hydrogen-bond donors (Lipinski definition) is 2. The van der Waals surface area contributed by atoms with Crippen molar-refractivity contribution in [2.45, 2.75) is 27.2 Å². The van der Waals surface area contributed by atoms with Crippen molar-refractivity contribution in [2.24, 2.45) is 11.0 Å². The van der Waals surface area contributed by atoms with Gasteiger partial charge >= 0.3 is 11.8 Å². The second-order valence-electron chi connectivity index (χ2n) is 5.33. The first-order valence-electron chi connectivity index (χ1n) is 6.95. The normalized spacial score (nSPS) is 11.3. The van der Waals surface area contributed by atoms with Crippen molar-refractivity contribution in [3.05, 3.63) is 23.8 Å². The molecule has 1 aromatic carbocycles. The number of hydrogen-bond acceptors (Lipinski definition) is 5. The lowest BCUT2D eigenvalue weighted by Crippen LogP contribution is -2.32. The van der Waals surface area contributed by atoms with E-state index in [1.807, 2.05) is 39.0 Å². The van der Waals surface area contributed by atoms with Crippen molar-refractivity contribution in [1.82, 2.24) is 10.4 Å². The van der Waals surface area contributed by atoms with E-state index in [9.17, 15) is 9.59 Å². The number of carbonyl (C=O) groups is 2. The number of carbonyl (C=O) groups excluding carboxylic acids is 2. The van der Waals surface area contributed by atoms with E-state index in [4.69, 9.17) is 0 Å². The molecule has 2 aromatic rings. The summed E-state index contributed by atoms with van der Waals surface area (Å²) in [7, 11) is 0. The van der Waals surface area contributed by atoms with Crippen molar-refractivity contribution in [3.63, 3.8) is 0 Å². The first-order valence-corrected chi connectivity index (χ1v) is 7.77. The van der Waals surface area contributed by atoms with Crippen LogP contribution in [-0.2, 0) is 9.59 Å². The average molecular weight is 318 g/mol. The molecular weight excluding hydrogens is 300 g/mol. The molecular formula is C15H18N4O2S. The number of aryl methyl sites for hydroxylation is 1. The lowest BCUT2D eigenvalue weighted by atomic mass is 10.2. The van der Waals surface area contributed by atoms with E-state index in [2.05, 4.69) is 20.8 Å². The van der Waals surface area contributed by atoms with E-state index in [0.717, 1.165) is 22.2 Å². The van der Waals surface area contributed by atoms with E-state index in [-0.39, 0.29) is 0 Å². The maximum absolute atomic E-state index is 11.8. The van der Waals surface area contributed by atoms with Crippen LogP contribution in [0.5, 0.6) is 0 Å². The van der Waals surface area contributed by atoms with Crippen LogP contribution in [0.1, 0.15) is 25.8 Å². The van der Waals surface area contributed by atoms with Gasteiger partial charge in [-0.05, 0) is 37.0 Å². The predicted octanol–water partition coefficient (Wildman–Crippen LogP) is 2.69. The molecule has 0 saturated heterocycles. The molecule has 7 heteroatoms. The Hall–Kier alpha value is -2.28. The van der Waals surface area contributed by atoms with Gasteiger partial charge in [0.15, 0.2) is 5.13 Å². The van der Waals surface area contributed by atoms with Crippen LogP contribution in [0.3, 0.4) is 0 Å². The van der Waals surface area contributed by atoms with Crippen molar-refractivity contribution in [2.75, 3.05) is 5.32 Å². The first kappa shape index (κ1) is 16.1. The number of anilines is 1. The molecule has 22 heavy (non-hydrogen) atoms. The fraction of sp³-hybridized carbons (Fsp3) is 0.333. The molecule has 2 amide bonds. The molecule has 2 N–H and O–H groups in total. The summed E-state index contributed by atoms with van der Waals surface area (Å²) in [5.41, 5.74) is 4.11. The minimum atomic E-state index is -0.810. The minimum Gasteiger partial charge on any atom is -0.294 e. The third-order valence-electron chi connectivity index (χ3n) is 2.80. The average Bonchev–Trinajstić information content (AvgIpc) is 2.84. The van der Waals surface area contributed by atoms with Gasteiger partial charge in [0.2, 0.25) is 0 Å².